The summed E-state index contributed by atoms with van der Waals surface area (Å²) >= 11 is 0. The molecule has 1 aliphatic rings. The molecule has 0 aromatic rings. The van der Waals surface area contributed by atoms with Crippen molar-refractivity contribution in [2.24, 2.45) is 0 Å². The molecule has 0 radical (unpaired) electrons. The number of esters is 1. The van der Waals surface area contributed by atoms with Gasteiger partial charge in [0.05, 0.1) is 7.11 Å². The lowest BCUT2D eigenvalue weighted by Gasteiger charge is -2.26. The first-order chi connectivity index (χ1) is 7.72. The zero-order chi connectivity index (χ0) is 12.0. The molecule has 1 aliphatic carbocycles. The summed E-state index contributed by atoms with van der Waals surface area (Å²) in [6.07, 6.45) is 3.69. The molecule has 1 unspecified atom stereocenters. The number of nitrogens with zero attached hydrogens (tertiary/aromatic N) is 1. The molecule has 0 bridgehead atoms. The first-order valence-electron chi connectivity index (χ1n) is 6.28. The zero-order valence-corrected chi connectivity index (χ0v) is 10.7. The standard InChI is InChI=1S/C12H24N2O2/c1-4-8-14(10-6-7-10)9-11(13-5-2)12(15)16-3/h10-11,13H,4-9H2,1-3H3. The summed E-state index contributed by atoms with van der Waals surface area (Å²) in [6, 6.07) is 0.521. The fourth-order valence-electron chi connectivity index (χ4n) is 2.00. The maximum Gasteiger partial charge on any atom is 0.324 e. The number of ether oxygens (including phenoxy) is 1. The topological polar surface area (TPSA) is 41.6 Å². The van der Waals surface area contributed by atoms with Crippen molar-refractivity contribution in [1.29, 1.82) is 0 Å². The van der Waals surface area contributed by atoms with Crippen molar-refractivity contribution >= 4 is 5.97 Å². The molecule has 1 atom stereocenters. The molecule has 0 aromatic heterocycles. The fourth-order valence-corrected chi connectivity index (χ4v) is 2.00. The molecular formula is C12H24N2O2. The van der Waals surface area contributed by atoms with Gasteiger partial charge in [-0.15, -0.1) is 0 Å². The van der Waals surface area contributed by atoms with E-state index in [9.17, 15) is 4.79 Å². The quantitative estimate of drug-likeness (QED) is 0.630. The summed E-state index contributed by atoms with van der Waals surface area (Å²) in [5.41, 5.74) is 0. The molecule has 0 heterocycles. The third kappa shape index (κ3) is 4.10. The highest BCUT2D eigenvalue weighted by molar-refractivity contribution is 5.75. The van der Waals surface area contributed by atoms with Crippen molar-refractivity contribution in [2.75, 3.05) is 26.7 Å². The first kappa shape index (κ1) is 13.5. The third-order valence-electron chi connectivity index (χ3n) is 2.93. The van der Waals surface area contributed by atoms with E-state index in [1.54, 1.807) is 0 Å². The van der Waals surface area contributed by atoms with Gasteiger partial charge in [-0.05, 0) is 32.4 Å². The van der Waals surface area contributed by atoms with Crippen LogP contribution in [0.3, 0.4) is 0 Å². The minimum Gasteiger partial charge on any atom is -0.468 e. The van der Waals surface area contributed by atoms with Crippen LogP contribution in [0.4, 0.5) is 0 Å². The van der Waals surface area contributed by atoms with Gasteiger partial charge < -0.3 is 10.1 Å². The highest BCUT2D eigenvalue weighted by Crippen LogP contribution is 2.26. The third-order valence-corrected chi connectivity index (χ3v) is 2.93. The Morgan fingerprint density at radius 3 is 2.62 bits per heavy atom. The molecule has 1 rings (SSSR count). The number of carbonyl (C=O) groups excluding carboxylic acids is 1. The average Bonchev–Trinajstić information content (AvgIpc) is 3.10. The number of hydrogen-bond acceptors (Lipinski definition) is 4. The predicted octanol–water partition coefficient (Wildman–Crippen LogP) is 1.01. The van der Waals surface area contributed by atoms with E-state index in [2.05, 4.69) is 17.1 Å². The van der Waals surface area contributed by atoms with E-state index in [1.165, 1.54) is 20.0 Å². The number of rotatable bonds is 8. The normalized spacial score (nSPS) is 17.5. The van der Waals surface area contributed by atoms with Crippen LogP contribution in [0.2, 0.25) is 0 Å². The van der Waals surface area contributed by atoms with E-state index in [0.29, 0.717) is 6.04 Å². The number of carbonyl (C=O) groups is 1. The van der Waals surface area contributed by atoms with E-state index < -0.39 is 0 Å². The lowest BCUT2D eigenvalue weighted by atomic mass is 10.2. The van der Waals surface area contributed by atoms with Crippen LogP contribution in [0.15, 0.2) is 0 Å². The second kappa shape index (κ2) is 6.86. The molecule has 0 aliphatic heterocycles. The molecule has 16 heavy (non-hydrogen) atoms. The highest BCUT2D eigenvalue weighted by Gasteiger charge is 2.31. The molecule has 1 N–H and O–H groups in total. The van der Waals surface area contributed by atoms with Crippen LogP contribution in [-0.2, 0) is 9.53 Å². The molecular weight excluding hydrogens is 204 g/mol. The molecule has 1 saturated carbocycles. The van der Waals surface area contributed by atoms with Crippen LogP contribution in [0, 0.1) is 0 Å². The Balaban J connectivity index is 2.46. The number of hydrogen-bond donors (Lipinski definition) is 1. The molecule has 4 heteroatoms. The van der Waals surface area contributed by atoms with Gasteiger partial charge in [0.2, 0.25) is 0 Å². The molecule has 0 aromatic carbocycles. The van der Waals surface area contributed by atoms with Gasteiger partial charge in [-0.1, -0.05) is 13.8 Å². The zero-order valence-electron chi connectivity index (χ0n) is 10.7. The van der Waals surface area contributed by atoms with E-state index in [4.69, 9.17) is 4.74 Å². The summed E-state index contributed by atoms with van der Waals surface area (Å²) in [7, 11) is 1.45. The summed E-state index contributed by atoms with van der Waals surface area (Å²) in [6.45, 7) is 6.83. The van der Waals surface area contributed by atoms with Gasteiger partial charge in [-0.3, -0.25) is 9.69 Å². The predicted molar refractivity (Wildman–Crippen MR) is 64.4 cm³/mol. The number of likely N-dealkylation sites (N-methyl/N-ethyl adjacent to an activating group) is 1. The monoisotopic (exact) mass is 228 g/mol. The SMILES string of the molecule is CCCN(CC(NCC)C(=O)OC)C1CC1. The Labute approximate surface area is 98.3 Å². The van der Waals surface area contributed by atoms with E-state index >= 15 is 0 Å². The molecule has 94 valence electrons. The number of nitrogens with one attached hydrogen (secondary N) is 1. The highest BCUT2D eigenvalue weighted by atomic mass is 16.5. The van der Waals surface area contributed by atoms with Crippen molar-refractivity contribution in [1.82, 2.24) is 10.2 Å². The van der Waals surface area contributed by atoms with Crippen LogP contribution in [0.5, 0.6) is 0 Å². The largest absolute Gasteiger partial charge is 0.468 e. The number of methoxy groups -OCH3 is 1. The second-order valence-electron chi connectivity index (χ2n) is 4.36. The van der Waals surface area contributed by atoms with E-state index in [0.717, 1.165) is 26.1 Å². The summed E-state index contributed by atoms with van der Waals surface area (Å²) < 4.78 is 4.82. The smallest absolute Gasteiger partial charge is 0.324 e. The van der Waals surface area contributed by atoms with Gasteiger partial charge in [0.25, 0.3) is 0 Å². The summed E-state index contributed by atoms with van der Waals surface area (Å²) in [5.74, 6) is -0.149. The lowest BCUT2D eigenvalue weighted by Crippen LogP contribution is -2.47. The average molecular weight is 228 g/mol. The Hall–Kier alpha value is -0.610. The first-order valence-corrected chi connectivity index (χ1v) is 6.28. The van der Waals surface area contributed by atoms with Gasteiger partial charge in [-0.2, -0.15) is 0 Å². The Kier molecular flexibility index (Phi) is 5.77. The minimum atomic E-state index is -0.179. The Morgan fingerprint density at radius 2 is 2.19 bits per heavy atom. The maximum absolute atomic E-state index is 11.6. The molecule has 0 saturated heterocycles. The van der Waals surface area contributed by atoms with Crippen LogP contribution >= 0.6 is 0 Å². The van der Waals surface area contributed by atoms with Gasteiger partial charge >= 0.3 is 5.97 Å². The van der Waals surface area contributed by atoms with E-state index in [1.807, 2.05) is 6.92 Å². The van der Waals surface area contributed by atoms with Gasteiger partial charge in [0.1, 0.15) is 6.04 Å². The second-order valence-corrected chi connectivity index (χ2v) is 4.36. The van der Waals surface area contributed by atoms with Crippen LogP contribution in [-0.4, -0.2) is 49.7 Å². The molecule has 0 amide bonds. The summed E-state index contributed by atoms with van der Waals surface area (Å²) in [4.78, 5) is 14.0. The van der Waals surface area contributed by atoms with E-state index in [-0.39, 0.29) is 12.0 Å². The minimum absolute atomic E-state index is 0.149. The van der Waals surface area contributed by atoms with Crippen molar-refractivity contribution in [3.63, 3.8) is 0 Å². The van der Waals surface area contributed by atoms with Crippen molar-refractivity contribution in [3.8, 4) is 0 Å². The lowest BCUT2D eigenvalue weighted by molar-refractivity contribution is -0.143. The van der Waals surface area contributed by atoms with Crippen LogP contribution < -0.4 is 5.32 Å². The van der Waals surface area contributed by atoms with Gasteiger partial charge in [0.15, 0.2) is 0 Å². The molecule has 0 spiro atoms. The Morgan fingerprint density at radius 1 is 1.50 bits per heavy atom. The van der Waals surface area contributed by atoms with Crippen molar-refractivity contribution in [2.45, 2.75) is 45.2 Å². The van der Waals surface area contributed by atoms with Crippen molar-refractivity contribution in [3.05, 3.63) is 0 Å². The fraction of sp³-hybridized carbons (Fsp3) is 0.917. The molecule has 4 nitrogen and oxygen atoms in total. The summed E-state index contributed by atoms with van der Waals surface area (Å²) in [5, 5.41) is 3.19. The van der Waals surface area contributed by atoms with Crippen LogP contribution in [0.25, 0.3) is 0 Å². The maximum atomic E-state index is 11.6. The van der Waals surface area contributed by atoms with Gasteiger partial charge in [0, 0.05) is 12.6 Å². The molecule has 1 fully saturated rings. The van der Waals surface area contributed by atoms with Crippen LogP contribution in [0.1, 0.15) is 33.1 Å². The Bertz CT molecular complexity index is 217. The van der Waals surface area contributed by atoms with Gasteiger partial charge in [-0.25, -0.2) is 0 Å². The van der Waals surface area contributed by atoms with Crippen molar-refractivity contribution < 1.29 is 9.53 Å².